The number of fused-ring (bicyclic) bond motifs is 1. The quantitative estimate of drug-likeness (QED) is 0.737. The van der Waals surface area contributed by atoms with Gasteiger partial charge in [0.1, 0.15) is 16.9 Å². The summed E-state index contributed by atoms with van der Waals surface area (Å²) in [5, 5.41) is 12.7. The van der Waals surface area contributed by atoms with Gasteiger partial charge in [0.25, 0.3) is 0 Å². The second kappa shape index (κ2) is 3.73. The molecule has 0 bridgehead atoms. The van der Waals surface area contributed by atoms with Gasteiger partial charge >= 0.3 is 0 Å². The molecule has 16 heavy (non-hydrogen) atoms. The Morgan fingerprint density at radius 1 is 1.31 bits per heavy atom. The van der Waals surface area contributed by atoms with Gasteiger partial charge in [-0.1, -0.05) is 18.2 Å². The van der Waals surface area contributed by atoms with E-state index in [0.717, 1.165) is 27.2 Å². The maximum Gasteiger partial charge on any atom is 0.134 e. The molecule has 3 rings (SSSR count). The lowest BCUT2D eigenvalue weighted by molar-refractivity contribution is 0.281. The van der Waals surface area contributed by atoms with Crippen LogP contribution in [0.3, 0.4) is 0 Å². The first-order chi connectivity index (χ1) is 7.88. The zero-order valence-corrected chi connectivity index (χ0v) is 9.20. The number of thiazole rings is 1. The Morgan fingerprint density at radius 3 is 3.00 bits per heavy atom. The number of furan rings is 1. The molecule has 0 spiro atoms. The molecule has 2 aromatic heterocycles. The van der Waals surface area contributed by atoms with E-state index < -0.39 is 0 Å². The van der Waals surface area contributed by atoms with E-state index in [-0.39, 0.29) is 6.61 Å². The summed E-state index contributed by atoms with van der Waals surface area (Å²) < 4.78 is 5.45. The molecule has 0 aliphatic carbocycles. The summed E-state index contributed by atoms with van der Waals surface area (Å²) in [6.45, 7) is -0.0134. The Balaban J connectivity index is 2.18. The molecule has 0 aliphatic heterocycles. The minimum absolute atomic E-state index is 0.0134. The molecule has 0 aliphatic rings. The first kappa shape index (κ1) is 9.57. The number of para-hydroxylation sites is 1. The van der Waals surface area contributed by atoms with Crippen molar-refractivity contribution in [1.29, 1.82) is 0 Å². The van der Waals surface area contributed by atoms with Crippen molar-refractivity contribution in [3.05, 3.63) is 40.9 Å². The third-order valence-electron chi connectivity index (χ3n) is 2.44. The van der Waals surface area contributed by atoms with Crippen molar-refractivity contribution in [2.45, 2.75) is 6.61 Å². The lowest BCUT2D eigenvalue weighted by Gasteiger charge is -1.91. The number of hydrogen-bond acceptors (Lipinski definition) is 4. The molecule has 3 aromatic rings. The standard InChI is InChI=1S/C12H9NO2S/c14-5-12-13-10(7-16-12)9-6-15-11-4-2-1-3-8(9)11/h1-4,6-7,14H,5H2. The molecular formula is C12H9NO2S. The molecule has 3 nitrogen and oxygen atoms in total. The second-order valence-corrected chi connectivity index (χ2v) is 4.37. The van der Waals surface area contributed by atoms with Gasteiger partial charge in [-0.15, -0.1) is 11.3 Å². The molecule has 1 N–H and O–H groups in total. The van der Waals surface area contributed by atoms with E-state index in [1.165, 1.54) is 11.3 Å². The highest BCUT2D eigenvalue weighted by Crippen LogP contribution is 2.30. The van der Waals surface area contributed by atoms with E-state index in [2.05, 4.69) is 4.98 Å². The van der Waals surface area contributed by atoms with Crippen LogP contribution < -0.4 is 0 Å². The van der Waals surface area contributed by atoms with Crippen molar-refractivity contribution < 1.29 is 9.52 Å². The van der Waals surface area contributed by atoms with Gasteiger partial charge in [0.05, 0.1) is 12.3 Å². The lowest BCUT2D eigenvalue weighted by atomic mass is 10.1. The summed E-state index contributed by atoms with van der Waals surface area (Å²) >= 11 is 1.45. The van der Waals surface area contributed by atoms with Crippen LogP contribution in [0, 0.1) is 0 Å². The van der Waals surface area contributed by atoms with Crippen LogP contribution in [-0.2, 0) is 6.61 Å². The summed E-state index contributed by atoms with van der Waals surface area (Å²) in [7, 11) is 0. The SMILES string of the molecule is OCc1nc(-c2coc3ccccc23)cs1. The lowest BCUT2D eigenvalue weighted by Crippen LogP contribution is -1.80. The van der Waals surface area contributed by atoms with Crippen LogP contribution in [0.4, 0.5) is 0 Å². The Kier molecular flexibility index (Phi) is 2.23. The molecule has 0 amide bonds. The minimum atomic E-state index is -0.0134. The summed E-state index contributed by atoms with van der Waals surface area (Å²) in [6, 6.07) is 7.85. The van der Waals surface area contributed by atoms with Gasteiger partial charge in [0, 0.05) is 16.3 Å². The van der Waals surface area contributed by atoms with Gasteiger partial charge in [-0.2, -0.15) is 0 Å². The monoisotopic (exact) mass is 231 g/mol. The van der Waals surface area contributed by atoms with Crippen LogP contribution in [-0.4, -0.2) is 10.1 Å². The molecular weight excluding hydrogens is 222 g/mol. The van der Waals surface area contributed by atoms with Crippen molar-refractivity contribution in [1.82, 2.24) is 4.98 Å². The Labute approximate surface area is 96.0 Å². The van der Waals surface area contributed by atoms with E-state index in [4.69, 9.17) is 9.52 Å². The number of nitrogens with zero attached hydrogens (tertiary/aromatic N) is 1. The van der Waals surface area contributed by atoms with E-state index in [9.17, 15) is 0 Å². The molecule has 0 unspecified atom stereocenters. The van der Waals surface area contributed by atoms with Crippen molar-refractivity contribution in [2.75, 3.05) is 0 Å². The summed E-state index contributed by atoms with van der Waals surface area (Å²) in [6.07, 6.45) is 1.71. The normalized spacial score (nSPS) is 11.1. The van der Waals surface area contributed by atoms with Crippen molar-refractivity contribution in [3.8, 4) is 11.3 Å². The Hall–Kier alpha value is -1.65. The van der Waals surface area contributed by atoms with Gasteiger partial charge in [-0.3, -0.25) is 0 Å². The molecule has 80 valence electrons. The molecule has 1 aromatic carbocycles. The predicted molar refractivity (Wildman–Crippen MR) is 63.2 cm³/mol. The van der Waals surface area contributed by atoms with Crippen LogP contribution in [0.25, 0.3) is 22.2 Å². The van der Waals surface area contributed by atoms with Gasteiger partial charge in [0.15, 0.2) is 0 Å². The molecule has 0 radical (unpaired) electrons. The largest absolute Gasteiger partial charge is 0.464 e. The average Bonchev–Trinajstić information content (AvgIpc) is 2.94. The number of aliphatic hydroxyl groups is 1. The average molecular weight is 231 g/mol. The number of hydrogen-bond donors (Lipinski definition) is 1. The highest BCUT2D eigenvalue weighted by atomic mass is 32.1. The van der Waals surface area contributed by atoms with Gasteiger partial charge in [-0.05, 0) is 6.07 Å². The number of aromatic nitrogens is 1. The fraction of sp³-hybridized carbons (Fsp3) is 0.0833. The van der Waals surface area contributed by atoms with Crippen molar-refractivity contribution in [2.24, 2.45) is 0 Å². The van der Waals surface area contributed by atoms with Gasteiger partial charge in [-0.25, -0.2) is 4.98 Å². The fourth-order valence-corrected chi connectivity index (χ4v) is 2.34. The third kappa shape index (κ3) is 1.43. The maximum atomic E-state index is 8.99. The van der Waals surface area contributed by atoms with E-state index >= 15 is 0 Å². The van der Waals surface area contributed by atoms with Crippen LogP contribution in [0.5, 0.6) is 0 Å². The smallest absolute Gasteiger partial charge is 0.134 e. The van der Waals surface area contributed by atoms with Crippen LogP contribution >= 0.6 is 11.3 Å². The van der Waals surface area contributed by atoms with Gasteiger partial charge in [0.2, 0.25) is 0 Å². The fourth-order valence-electron chi connectivity index (χ4n) is 1.68. The molecule has 0 saturated heterocycles. The highest BCUT2D eigenvalue weighted by Gasteiger charge is 2.10. The maximum absolute atomic E-state index is 8.99. The summed E-state index contributed by atoms with van der Waals surface area (Å²) in [5.41, 5.74) is 2.70. The minimum Gasteiger partial charge on any atom is -0.464 e. The van der Waals surface area contributed by atoms with Crippen LogP contribution in [0.2, 0.25) is 0 Å². The molecule has 0 atom stereocenters. The van der Waals surface area contributed by atoms with Crippen molar-refractivity contribution >= 4 is 22.3 Å². The number of aliphatic hydroxyl groups excluding tert-OH is 1. The number of benzene rings is 1. The Morgan fingerprint density at radius 2 is 2.19 bits per heavy atom. The first-order valence-corrected chi connectivity index (χ1v) is 5.78. The first-order valence-electron chi connectivity index (χ1n) is 4.90. The van der Waals surface area contributed by atoms with Crippen LogP contribution in [0.1, 0.15) is 5.01 Å². The summed E-state index contributed by atoms with van der Waals surface area (Å²) in [5.74, 6) is 0. The highest BCUT2D eigenvalue weighted by molar-refractivity contribution is 7.09. The van der Waals surface area contributed by atoms with E-state index in [1.807, 2.05) is 29.6 Å². The molecule has 4 heteroatoms. The summed E-state index contributed by atoms with van der Waals surface area (Å²) in [4.78, 5) is 4.33. The van der Waals surface area contributed by atoms with E-state index in [0.29, 0.717) is 0 Å². The topological polar surface area (TPSA) is 46.3 Å². The Bertz CT molecular complexity index is 627. The van der Waals surface area contributed by atoms with Gasteiger partial charge < -0.3 is 9.52 Å². The molecule has 0 fully saturated rings. The predicted octanol–water partition coefficient (Wildman–Crippen LogP) is 3.05. The second-order valence-electron chi connectivity index (χ2n) is 3.43. The molecule has 2 heterocycles. The number of rotatable bonds is 2. The van der Waals surface area contributed by atoms with Crippen LogP contribution in [0.15, 0.2) is 40.3 Å². The molecule has 0 saturated carbocycles. The van der Waals surface area contributed by atoms with E-state index in [1.54, 1.807) is 6.26 Å². The zero-order valence-electron chi connectivity index (χ0n) is 8.38. The van der Waals surface area contributed by atoms with Crippen molar-refractivity contribution in [3.63, 3.8) is 0 Å². The third-order valence-corrected chi connectivity index (χ3v) is 3.28. The zero-order chi connectivity index (χ0) is 11.0.